The molecule has 0 N–H and O–H groups in total. The summed E-state index contributed by atoms with van der Waals surface area (Å²) in [5.41, 5.74) is 3.62. The van der Waals surface area contributed by atoms with E-state index in [1.807, 2.05) is 18.2 Å². The fourth-order valence-corrected chi connectivity index (χ4v) is 1.26. The molecule has 0 aromatic heterocycles. The monoisotopic (exact) mass is 166 g/mol. The maximum Gasteiger partial charge on any atom is -0.00928 e. The molecule has 0 nitrogen and oxygen atoms in total. The van der Waals surface area contributed by atoms with Crippen molar-refractivity contribution in [3.63, 3.8) is 0 Å². The van der Waals surface area contributed by atoms with Crippen molar-refractivity contribution in [2.24, 2.45) is 0 Å². The molecule has 0 aliphatic carbocycles. The molecule has 0 atom stereocenters. The Morgan fingerprint density at radius 1 is 1.00 bits per heavy atom. The third kappa shape index (κ3) is 1.78. The zero-order valence-corrected chi connectivity index (χ0v) is 7.54. The highest BCUT2D eigenvalue weighted by atomic mass is 14.0. The molecule has 2 aromatic rings. The maximum atomic E-state index is 3.15. The molecule has 2 aromatic carbocycles. The van der Waals surface area contributed by atoms with Gasteiger partial charge in [-0.25, -0.2) is 0 Å². The second-order valence-electron chi connectivity index (χ2n) is 3.07. The van der Waals surface area contributed by atoms with E-state index in [2.05, 4.69) is 43.3 Å². The summed E-state index contributed by atoms with van der Waals surface area (Å²) in [5, 5.41) is 0. The van der Waals surface area contributed by atoms with Gasteiger partial charge in [0.2, 0.25) is 0 Å². The maximum absolute atomic E-state index is 3.15. The number of benzene rings is 2. The van der Waals surface area contributed by atoms with E-state index in [-0.39, 0.29) is 0 Å². The highest BCUT2D eigenvalue weighted by molar-refractivity contribution is 5.62. The molecule has 0 heterocycles. The van der Waals surface area contributed by atoms with Crippen LogP contribution in [-0.2, 0) is 0 Å². The predicted octanol–water partition coefficient (Wildman–Crippen LogP) is 3.26. The molecular weight excluding hydrogens is 156 g/mol. The van der Waals surface area contributed by atoms with Crippen LogP contribution in [0.5, 0.6) is 0 Å². The average Bonchev–Trinajstić information content (AvgIpc) is 2.20. The molecule has 0 saturated carbocycles. The van der Waals surface area contributed by atoms with Gasteiger partial charge >= 0.3 is 0 Å². The van der Waals surface area contributed by atoms with Gasteiger partial charge in [0.15, 0.2) is 0 Å². The van der Waals surface area contributed by atoms with Gasteiger partial charge in [-0.1, -0.05) is 42.0 Å². The first-order valence-electron chi connectivity index (χ1n) is 4.31. The molecule has 0 bridgehead atoms. The van der Waals surface area contributed by atoms with Crippen LogP contribution in [0.4, 0.5) is 0 Å². The van der Waals surface area contributed by atoms with Crippen molar-refractivity contribution < 1.29 is 0 Å². The largest absolute Gasteiger partial charge is 0.0587 e. The van der Waals surface area contributed by atoms with Crippen LogP contribution in [0.25, 0.3) is 11.1 Å². The van der Waals surface area contributed by atoms with Crippen molar-refractivity contribution >= 4 is 0 Å². The minimum atomic E-state index is 1.12. The lowest BCUT2D eigenvalue weighted by molar-refractivity contribution is 1.47. The Hall–Kier alpha value is -1.56. The second-order valence-corrected chi connectivity index (χ2v) is 3.07. The zero-order valence-electron chi connectivity index (χ0n) is 7.54. The third-order valence-electron chi connectivity index (χ3n) is 2.02. The topological polar surface area (TPSA) is 0 Å². The van der Waals surface area contributed by atoms with E-state index < -0.39 is 0 Å². The molecule has 0 unspecified atom stereocenters. The van der Waals surface area contributed by atoms with Crippen molar-refractivity contribution in [2.75, 3.05) is 0 Å². The molecule has 0 aliphatic rings. The fraction of sp³-hybridized carbons (Fsp3) is 0.0769. The molecule has 2 rings (SSSR count). The van der Waals surface area contributed by atoms with Crippen LogP contribution in [0.3, 0.4) is 0 Å². The number of hydrogen-bond donors (Lipinski definition) is 0. The number of aryl methyl sites for hydroxylation is 1. The Morgan fingerprint density at radius 2 is 1.77 bits per heavy atom. The van der Waals surface area contributed by atoms with Crippen LogP contribution in [0.2, 0.25) is 0 Å². The first kappa shape index (κ1) is 8.06. The lowest BCUT2D eigenvalue weighted by Crippen LogP contribution is -1.77. The molecule has 0 spiro atoms. The van der Waals surface area contributed by atoms with Gasteiger partial charge in [0.25, 0.3) is 0 Å². The van der Waals surface area contributed by atoms with Crippen LogP contribution in [0, 0.1) is 19.1 Å². The normalized spacial score (nSPS) is 9.92. The van der Waals surface area contributed by atoms with Crippen molar-refractivity contribution in [3.8, 4) is 11.1 Å². The SMILES string of the molecule is Cc1ccc(-c2[c]c[c]cc2)cc1. The molecule has 0 amide bonds. The lowest BCUT2D eigenvalue weighted by Gasteiger charge is -2.00. The number of hydrogen-bond acceptors (Lipinski definition) is 0. The van der Waals surface area contributed by atoms with Gasteiger partial charge in [0, 0.05) is 0 Å². The van der Waals surface area contributed by atoms with Crippen LogP contribution in [0.15, 0.2) is 42.5 Å². The molecule has 0 fully saturated rings. The van der Waals surface area contributed by atoms with Crippen LogP contribution in [0.1, 0.15) is 5.56 Å². The highest BCUT2D eigenvalue weighted by Crippen LogP contribution is 2.17. The van der Waals surface area contributed by atoms with Gasteiger partial charge in [-0.2, -0.15) is 0 Å². The summed E-state index contributed by atoms with van der Waals surface area (Å²) in [4.78, 5) is 0. The quantitative estimate of drug-likeness (QED) is 0.610. The Bertz CT molecular complexity index is 371. The van der Waals surface area contributed by atoms with Gasteiger partial charge in [-0.3, -0.25) is 0 Å². The molecular formula is C13H10. The summed E-state index contributed by atoms with van der Waals surface area (Å²) in [5.74, 6) is 0. The summed E-state index contributed by atoms with van der Waals surface area (Å²) >= 11 is 0. The van der Waals surface area contributed by atoms with Crippen molar-refractivity contribution in [3.05, 3.63) is 60.2 Å². The Kier molecular flexibility index (Phi) is 2.13. The van der Waals surface area contributed by atoms with Crippen LogP contribution >= 0.6 is 0 Å². The lowest BCUT2D eigenvalue weighted by atomic mass is 10.0. The van der Waals surface area contributed by atoms with Gasteiger partial charge in [0.1, 0.15) is 0 Å². The van der Waals surface area contributed by atoms with E-state index in [1.165, 1.54) is 11.1 Å². The van der Waals surface area contributed by atoms with E-state index >= 15 is 0 Å². The first-order valence-corrected chi connectivity index (χ1v) is 4.31. The summed E-state index contributed by atoms with van der Waals surface area (Å²) in [6.45, 7) is 2.09. The summed E-state index contributed by atoms with van der Waals surface area (Å²) in [6.07, 6.45) is 0. The fourth-order valence-electron chi connectivity index (χ4n) is 1.26. The summed E-state index contributed by atoms with van der Waals surface area (Å²) in [7, 11) is 0. The molecule has 0 heteroatoms. The Balaban J connectivity index is 2.42. The number of rotatable bonds is 1. The van der Waals surface area contributed by atoms with Crippen LogP contribution < -0.4 is 0 Å². The van der Waals surface area contributed by atoms with Crippen LogP contribution in [-0.4, -0.2) is 0 Å². The van der Waals surface area contributed by atoms with E-state index in [9.17, 15) is 0 Å². The Morgan fingerprint density at radius 3 is 2.38 bits per heavy atom. The molecule has 2 radical (unpaired) electrons. The van der Waals surface area contributed by atoms with Gasteiger partial charge in [0.05, 0.1) is 0 Å². The second kappa shape index (κ2) is 3.44. The van der Waals surface area contributed by atoms with E-state index in [0.29, 0.717) is 0 Å². The van der Waals surface area contributed by atoms with Crippen molar-refractivity contribution in [1.82, 2.24) is 0 Å². The standard InChI is InChI=1S/C13H10/c1-11-7-9-13(10-8-11)12-5-3-2-4-6-12/h3-5,7-10H,1H3. The highest BCUT2D eigenvalue weighted by Gasteiger charge is 1.94. The minimum absolute atomic E-state index is 1.12. The van der Waals surface area contributed by atoms with Crippen molar-refractivity contribution in [2.45, 2.75) is 6.92 Å². The smallest absolute Gasteiger partial charge is 0.00928 e. The van der Waals surface area contributed by atoms with E-state index in [1.54, 1.807) is 0 Å². The first-order chi connectivity index (χ1) is 6.36. The predicted molar refractivity (Wildman–Crippen MR) is 54.3 cm³/mol. The zero-order chi connectivity index (χ0) is 9.10. The van der Waals surface area contributed by atoms with Gasteiger partial charge < -0.3 is 0 Å². The molecule has 0 saturated heterocycles. The van der Waals surface area contributed by atoms with Crippen molar-refractivity contribution in [1.29, 1.82) is 0 Å². The third-order valence-corrected chi connectivity index (χ3v) is 2.02. The minimum Gasteiger partial charge on any atom is -0.0587 e. The summed E-state index contributed by atoms with van der Waals surface area (Å²) < 4.78 is 0. The van der Waals surface area contributed by atoms with Gasteiger partial charge in [-0.15, -0.1) is 0 Å². The average molecular weight is 166 g/mol. The molecule has 0 aliphatic heterocycles. The van der Waals surface area contributed by atoms with Gasteiger partial charge in [-0.05, 0) is 36.2 Å². The molecule has 62 valence electrons. The Labute approximate surface area is 78.9 Å². The summed E-state index contributed by atoms with van der Waals surface area (Å²) in [6, 6.07) is 20.3. The molecule has 13 heavy (non-hydrogen) atoms. The van der Waals surface area contributed by atoms with E-state index in [4.69, 9.17) is 0 Å². The van der Waals surface area contributed by atoms with E-state index in [0.717, 1.165) is 5.56 Å².